The Kier molecular flexibility index (Phi) is 5.94. The maximum Gasteiger partial charge on any atom is 0.240 e. The lowest BCUT2D eigenvalue weighted by Gasteiger charge is -2.13. The first-order chi connectivity index (χ1) is 8.76. The third-order valence-electron chi connectivity index (χ3n) is 2.40. The number of hydrogen-bond acceptors (Lipinski definition) is 4. The first kappa shape index (κ1) is 16.6. The van der Waals surface area contributed by atoms with Crippen LogP contribution in [0.25, 0.3) is 0 Å². The minimum Gasteiger partial charge on any atom is -0.326 e. The van der Waals surface area contributed by atoms with Crippen molar-refractivity contribution in [3.63, 3.8) is 0 Å². The predicted molar refractivity (Wildman–Crippen MR) is 78.1 cm³/mol. The van der Waals surface area contributed by atoms with Crippen LogP contribution in [0.1, 0.15) is 12.5 Å². The van der Waals surface area contributed by atoms with Crippen LogP contribution < -0.4 is 10.5 Å². The lowest BCUT2D eigenvalue weighted by molar-refractivity contribution is 0.570. The molecule has 1 aromatic carbocycles. The van der Waals surface area contributed by atoms with Crippen LogP contribution in [-0.2, 0) is 27.4 Å². The Morgan fingerprint density at radius 3 is 2.58 bits per heavy atom. The molecule has 0 aromatic heterocycles. The van der Waals surface area contributed by atoms with Crippen molar-refractivity contribution < 1.29 is 12.6 Å². The summed E-state index contributed by atoms with van der Waals surface area (Å²) in [5.74, 6) is 0.258. The Bertz CT molecular complexity index is 575. The van der Waals surface area contributed by atoms with Gasteiger partial charge in [-0.05, 0) is 24.6 Å². The number of halogens is 1. The van der Waals surface area contributed by atoms with Crippen molar-refractivity contribution in [2.45, 2.75) is 24.4 Å². The summed E-state index contributed by atoms with van der Waals surface area (Å²) < 4.78 is 37.7. The van der Waals surface area contributed by atoms with E-state index in [1.807, 2.05) is 0 Å². The fraction of sp³-hybridized carbons (Fsp3) is 0.455. The third-order valence-corrected chi connectivity index (χ3v) is 5.30. The van der Waals surface area contributed by atoms with E-state index in [1.165, 1.54) is 18.4 Å². The molecule has 8 heteroatoms. The molecule has 19 heavy (non-hydrogen) atoms. The zero-order valence-corrected chi connectivity index (χ0v) is 13.1. The summed E-state index contributed by atoms with van der Waals surface area (Å²) in [6.45, 7) is 1.91. The molecule has 108 valence electrons. The highest BCUT2D eigenvalue weighted by Crippen LogP contribution is 2.20. The molecule has 0 aliphatic carbocycles. The number of rotatable bonds is 6. The summed E-state index contributed by atoms with van der Waals surface area (Å²) in [4.78, 5) is 0.0726. The molecule has 2 unspecified atom stereocenters. The number of hydrogen-bond donors (Lipinski definition) is 2. The molecule has 0 aliphatic heterocycles. The van der Waals surface area contributed by atoms with Gasteiger partial charge >= 0.3 is 0 Å². The highest BCUT2D eigenvalue weighted by molar-refractivity contribution is 7.89. The van der Waals surface area contributed by atoms with Crippen molar-refractivity contribution in [3.8, 4) is 0 Å². The second-order valence-electron chi connectivity index (χ2n) is 4.22. The van der Waals surface area contributed by atoms with E-state index in [4.69, 9.17) is 17.3 Å². The summed E-state index contributed by atoms with van der Waals surface area (Å²) in [6, 6.07) is 3.98. The van der Waals surface area contributed by atoms with Gasteiger partial charge < -0.3 is 5.73 Å². The van der Waals surface area contributed by atoms with Crippen molar-refractivity contribution in [1.29, 1.82) is 0 Å². The van der Waals surface area contributed by atoms with Gasteiger partial charge in [-0.1, -0.05) is 17.7 Å². The van der Waals surface area contributed by atoms with Crippen LogP contribution in [0.3, 0.4) is 0 Å². The number of nitrogens with one attached hydrogen (secondary N) is 1. The monoisotopic (exact) mass is 324 g/mol. The molecule has 1 aromatic rings. The molecule has 0 heterocycles. The van der Waals surface area contributed by atoms with Gasteiger partial charge in [-0.2, -0.15) is 0 Å². The first-order valence-electron chi connectivity index (χ1n) is 5.57. The molecule has 0 fully saturated rings. The average Bonchev–Trinajstić information content (AvgIpc) is 2.26. The summed E-state index contributed by atoms with van der Waals surface area (Å²) in [6.07, 6.45) is 1.53. The van der Waals surface area contributed by atoms with E-state index in [1.54, 1.807) is 13.0 Å². The maximum absolute atomic E-state index is 12.1. The third kappa shape index (κ3) is 4.85. The van der Waals surface area contributed by atoms with Gasteiger partial charge in [0, 0.05) is 40.4 Å². The van der Waals surface area contributed by atoms with Crippen molar-refractivity contribution in [1.82, 2.24) is 4.72 Å². The fourth-order valence-corrected chi connectivity index (χ4v) is 4.06. The van der Waals surface area contributed by atoms with Crippen LogP contribution in [-0.4, -0.2) is 30.7 Å². The standard InChI is InChI=1S/C11H17ClN2O3S2/c1-8(7-18(2)15)14-19(16,17)10-4-3-9(6-13)11(12)5-10/h3-5,8,14H,6-7,13H2,1-2H3. The molecule has 0 spiro atoms. The normalized spacial score (nSPS) is 15.2. The van der Waals surface area contributed by atoms with E-state index in [0.29, 0.717) is 10.6 Å². The lowest BCUT2D eigenvalue weighted by atomic mass is 10.2. The smallest absolute Gasteiger partial charge is 0.240 e. The molecule has 0 saturated heterocycles. The van der Waals surface area contributed by atoms with Crippen LogP contribution in [0.15, 0.2) is 23.1 Å². The van der Waals surface area contributed by atoms with Crippen LogP contribution in [0.2, 0.25) is 5.02 Å². The van der Waals surface area contributed by atoms with E-state index in [-0.39, 0.29) is 17.2 Å². The Balaban J connectivity index is 2.94. The molecule has 0 radical (unpaired) electrons. The zero-order chi connectivity index (χ0) is 14.6. The highest BCUT2D eigenvalue weighted by atomic mass is 35.5. The van der Waals surface area contributed by atoms with Crippen molar-refractivity contribution in [3.05, 3.63) is 28.8 Å². The molecule has 5 nitrogen and oxygen atoms in total. The lowest BCUT2D eigenvalue weighted by Crippen LogP contribution is -2.36. The topological polar surface area (TPSA) is 89.3 Å². The SMILES string of the molecule is CC(CS(C)=O)NS(=O)(=O)c1ccc(CN)c(Cl)c1. The Morgan fingerprint density at radius 2 is 2.11 bits per heavy atom. The Labute approximate surface area is 121 Å². The second kappa shape index (κ2) is 6.81. The number of sulfonamides is 1. The fourth-order valence-electron chi connectivity index (χ4n) is 1.58. The minimum absolute atomic E-state index is 0.0726. The van der Waals surface area contributed by atoms with E-state index in [2.05, 4.69) is 4.72 Å². The summed E-state index contributed by atoms with van der Waals surface area (Å²) in [5, 5.41) is 0.317. The van der Waals surface area contributed by atoms with Gasteiger partial charge in [0.25, 0.3) is 0 Å². The number of nitrogens with two attached hydrogens (primary N) is 1. The van der Waals surface area contributed by atoms with Gasteiger partial charge in [-0.25, -0.2) is 13.1 Å². The van der Waals surface area contributed by atoms with Gasteiger partial charge in [0.1, 0.15) is 0 Å². The molecular formula is C11H17ClN2O3S2. The van der Waals surface area contributed by atoms with Crippen molar-refractivity contribution >= 4 is 32.4 Å². The molecule has 0 aliphatic rings. The average molecular weight is 325 g/mol. The highest BCUT2D eigenvalue weighted by Gasteiger charge is 2.19. The summed E-state index contributed by atoms with van der Waals surface area (Å²) in [5.41, 5.74) is 6.15. The van der Waals surface area contributed by atoms with Crippen LogP contribution in [0.5, 0.6) is 0 Å². The first-order valence-corrected chi connectivity index (χ1v) is 9.16. The summed E-state index contributed by atoms with van der Waals surface area (Å²) in [7, 11) is -4.73. The van der Waals surface area contributed by atoms with Gasteiger partial charge in [-0.3, -0.25) is 4.21 Å². The molecular weight excluding hydrogens is 308 g/mol. The van der Waals surface area contributed by atoms with E-state index in [0.717, 1.165) is 0 Å². The largest absolute Gasteiger partial charge is 0.326 e. The van der Waals surface area contributed by atoms with Gasteiger partial charge in [0.2, 0.25) is 10.0 Å². The molecule has 0 amide bonds. The minimum atomic E-state index is -3.66. The van der Waals surface area contributed by atoms with Gasteiger partial charge in [0.15, 0.2) is 0 Å². The molecule has 2 atom stereocenters. The summed E-state index contributed by atoms with van der Waals surface area (Å²) >= 11 is 5.94. The van der Waals surface area contributed by atoms with Gasteiger partial charge in [0.05, 0.1) is 4.90 Å². The molecule has 0 bridgehead atoms. The molecule has 0 saturated carbocycles. The van der Waals surface area contributed by atoms with Crippen LogP contribution in [0, 0.1) is 0 Å². The maximum atomic E-state index is 12.1. The zero-order valence-electron chi connectivity index (χ0n) is 10.7. The Hall–Kier alpha value is -0.470. The van der Waals surface area contributed by atoms with E-state index >= 15 is 0 Å². The molecule has 3 N–H and O–H groups in total. The van der Waals surface area contributed by atoms with E-state index in [9.17, 15) is 12.6 Å². The quantitative estimate of drug-likeness (QED) is 0.811. The van der Waals surface area contributed by atoms with E-state index < -0.39 is 26.9 Å². The van der Waals surface area contributed by atoms with Gasteiger partial charge in [-0.15, -0.1) is 0 Å². The molecule has 1 rings (SSSR count). The second-order valence-corrected chi connectivity index (χ2v) is 7.82. The number of benzene rings is 1. The van der Waals surface area contributed by atoms with Crippen LogP contribution in [0.4, 0.5) is 0 Å². The van der Waals surface area contributed by atoms with Crippen molar-refractivity contribution in [2.24, 2.45) is 5.73 Å². The van der Waals surface area contributed by atoms with Crippen LogP contribution >= 0.6 is 11.6 Å². The predicted octanol–water partition coefficient (Wildman–Crippen LogP) is 0.844. The Morgan fingerprint density at radius 1 is 1.47 bits per heavy atom. The van der Waals surface area contributed by atoms with Crippen molar-refractivity contribution in [2.75, 3.05) is 12.0 Å².